The monoisotopic (exact) mass is 357 g/mol. The molecule has 128 valence electrons. The number of aromatic nitrogens is 4. The summed E-state index contributed by atoms with van der Waals surface area (Å²) in [4.78, 5) is 20.7. The van der Waals surface area contributed by atoms with Crippen molar-refractivity contribution in [3.8, 4) is 11.5 Å². The van der Waals surface area contributed by atoms with E-state index in [1.165, 1.54) is 18.1 Å². The average Bonchev–Trinajstić information content (AvgIpc) is 3.02. The van der Waals surface area contributed by atoms with Crippen molar-refractivity contribution >= 4 is 34.4 Å². The summed E-state index contributed by atoms with van der Waals surface area (Å²) in [6, 6.07) is 5.35. The van der Waals surface area contributed by atoms with E-state index in [1.54, 1.807) is 29.1 Å². The van der Waals surface area contributed by atoms with Crippen LogP contribution in [-0.2, 0) is 11.8 Å². The fraction of sp³-hybridized carbons (Fsp3) is 0.250. The molecule has 0 spiro atoms. The molecule has 0 aliphatic carbocycles. The van der Waals surface area contributed by atoms with E-state index >= 15 is 0 Å². The number of fused-ring (bicyclic) bond motifs is 2. The van der Waals surface area contributed by atoms with Crippen LogP contribution in [-0.4, -0.2) is 44.6 Å². The highest BCUT2D eigenvalue weighted by Gasteiger charge is 2.14. The lowest BCUT2D eigenvalue weighted by atomic mass is 10.2. The zero-order valence-corrected chi connectivity index (χ0v) is 14.2. The van der Waals surface area contributed by atoms with Gasteiger partial charge in [0.1, 0.15) is 24.6 Å². The first kappa shape index (κ1) is 15.7. The largest absolute Gasteiger partial charge is 0.486 e. The van der Waals surface area contributed by atoms with Gasteiger partial charge in [-0.2, -0.15) is 5.10 Å². The molecule has 1 N–H and O–H groups in total. The third-order valence-electron chi connectivity index (χ3n) is 3.66. The van der Waals surface area contributed by atoms with Gasteiger partial charge in [0.15, 0.2) is 17.1 Å². The molecule has 1 aliphatic rings. The van der Waals surface area contributed by atoms with Crippen molar-refractivity contribution in [1.29, 1.82) is 0 Å². The number of thioether (sulfide) groups is 1. The Balaban J connectivity index is 1.42. The third kappa shape index (κ3) is 3.22. The van der Waals surface area contributed by atoms with Crippen LogP contribution in [0.3, 0.4) is 0 Å². The molecule has 3 aromatic rings. The predicted molar refractivity (Wildman–Crippen MR) is 93.1 cm³/mol. The molecule has 0 saturated heterocycles. The first-order chi connectivity index (χ1) is 12.2. The molecule has 2 aromatic heterocycles. The first-order valence-corrected chi connectivity index (χ1v) is 8.64. The zero-order valence-electron chi connectivity index (χ0n) is 13.4. The molecule has 1 amide bonds. The van der Waals surface area contributed by atoms with Gasteiger partial charge in [-0.3, -0.25) is 9.48 Å². The lowest BCUT2D eigenvalue weighted by molar-refractivity contribution is -0.113. The molecule has 8 nitrogen and oxygen atoms in total. The number of anilines is 1. The van der Waals surface area contributed by atoms with E-state index < -0.39 is 0 Å². The minimum Gasteiger partial charge on any atom is -0.486 e. The molecule has 1 aromatic carbocycles. The average molecular weight is 357 g/mol. The standard InChI is InChI=1S/C16H15N5O3S/c1-21-15-11(7-19-21)16(18-9-17-15)25-8-14(22)20-10-2-3-12-13(6-10)24-5-4-23-12/h2-3,6-7,9H,4-5,8H2,1H3,(H,20,22). The Morgan fingerprint density at radius 2 is 2.12 bits per heavy atom. The maximum Gasteiger partial charge on any atom is 0.234 e. The van der Waals surface area contributed by atoms with Crippen molar-refractivity contribution in [3.05, 3.63) is 30.7 Å². The Hall–Kier alpha value is -2.81. The number of nitrogens with zero attached hydrogens (tertiary/aromatic N) is 4. The molecule has 25 heavy (non-hydrogen) atoms. The van der Waals surface area contributed by atoms with Crippen molar-refractivity contribution in [3.63, 3.8) is 0 Å². The van der Waals surface area contributed by atoms with Crippen molar-refractivity contribution in [2.75, 3.05) is 24.3 Å². The van der Waals surface area contributed by atoms with Gasteiger partial charge in [0.2, 0.25) is 5.91 Å². The lowest BCUT2D eigenvalue weighted by Gasteiger charge is -2.18. The van der Waals surface area contributed by atoms with Crippen LogP contribution < -0.4 is 14.8 Å². The Morgan fingerprint density at radius 1 is 1.28 bits per heavy atom. The van der Waals surface area contributed by atoms with Crippen LogP contribution >= 0.6 is 11.8 Å². The number of nitrogens with one attached hydrogen (secondary N) is 1. The summed E-state index contributed by atoms with van der Waals surface area (Å²) in [5.74, 6) is 1.44. The van der Waals surface area contributed by atoms with Crippen molar-refractivity contribution in [2.24, 2.45) is 7.05 Å². The minimum atomic E-state index is -0.127. The Morgan fingerprint density at radius 3 is 3.00 bits per heavy atom. The Kier molecular flexibility index (Phi) is 4.14. The van der Waals surface area contributed by atoms with Crippen LogP contribution in [0, 0.1) is 0 Å². The summed E-state index contributed by atoms with van der Waals surface area (Å²) in [5.41, 5.74) is 1.41. The molecule has 0 radical (unpaired) electrons. The fourth-order valence-electron chi connectivity index (χ4n) is 2.51. The number of ether oxygens (including phenoxy) is 2. The molecule has 0 atom stereocenters. The topological polar surface area (TPSA) is 91.2 Å². The number of benzene rings is 1. The predicted octanol–water partition coefficient (Wildman–Crippen LogP) is 1.87. The van der Waals surface area contributed by atoms with Crippen LogP contribution in [0.15, 0.2) is 35.7 Å². The van der Waals surface area contributed by atoms with Gasteiger partial charge in [0.05, 0.1) is 17.3 Å². The van der Waals surface area contributed by atoms with Crippen molar-refractivity contribution in [1.82, 2.24) is 19.7 Å². The number of aryl methyl sites for hydroxylation is 1. The summed E-state index contributed by atoms with van der Waals surface area (Å²) < 4.78 is 12.7. The smallest absolute Gasteiger partial charge is 0.234 e. The van der Waals surface area contributed by atoms with E-state index in [0.717, 1.165) is 16.1 Å². The van der Waals surface area contributed by atoms with E-state index in [1.807, 2.05) is 7.05 Å². The molecule has 0 bridgehead atoms. The molecule has 0 fully saturated rings. The Bertz CT molecular complexity index is 943. The quantitative estimate of drug-likeness (QED) is 0.563. The second-order valence-corrected chi connectivity index (χ2v) is 6.34. The minimum absolute atomic E-state index is 0.127. The summed E-state index contributed by atoms with van der Waals surface area (Å²) in [6.45, 7) is 1.05. The summed E-state index contributed by atoms with van der Waals surface area (Å²) in [5, 5.41) is 8.59. The number of amides is 1. The van der Waals surface area contributed by atoms with Crippen LogP contribution in [0.25, 0.3) is 11.0 Å². The zero-order chi connectivity index (χ0) is 17.2. The van der Waals surface area contributed by atoms with Crippen LogP contribution in [0.1, 0.15) is 0 Å². The van der Waals surface area contributed by atoms with Gasteiger partial charge in [0, 0.05) is 18.8 Å². The van der Waals surface area contributed by atoms with Crippen LogP contribution in [0.5, 0.6) is 11.5 Å². The summed E-state index contributed by atoms with van der Waals surface area (Å²) in [6.07, 6.45) is 3.18. The van der Waals surface area contributed by atoms with Gasteiger partial charge in [-0.1, -0.05) is 11.8 Å². The van der Waals surface area contributed by atoms with Crippen molar-refractivity contribution < 1.29 is 14.3 Å². The number of rotatable bonds is 4. The van der Waals surface area contributed by atoms with E-state index in [2.05, 4.69) is 20.4 Å². The van der Waals surface area contributed by atoms with E-state index in [0.29, 0.717) is 30.4 Å². The molecular weight excluding hydrogens is 342 g/mol. The van der Waals surface area contributed by atoms with Crippen LogP contribution in [0.4, 0.5) is 5.69 Å². The SMILES string of the molecule is Cn1ncc2c(SCC(=O)Nc3ccc4c(c3)OCCO4)ncnc21. The third-order valence-corrected chi connectivity index (χ3v) is 4.66. The van der Waals surface area contributed by atoms with Gasteiger partial charge in [-0.25, -0.2) is 9.97 Å². The number of carbonyl (C=O) groups excluding carboxylic acids is 1. The first-order valence-electron chi connectivity index (χ1n) is 7.66. The van der Waals surface area contributed by atoms with Crippen LogP contribution in [0.2, 0.25) is 0 Å². The fourth-order valence-corrected chi connectivity index (χ4v) is 3.27. The van der Waals surface area contributed by atoms with E-state index in [4.69, 9.17) is 9.47 Å². The highest BCUT2D eigenvalue weighted by atomic mass is 32.2. The van der Waals surface area contributed by atoms with E-state index in [9.17, 15) is 4.79 Å². The molecule has 0 saturated carbocycles. The summed E-state index contributed by atoms with van der Waals surface area (Å²) >= 11 is 1.35. The maximum atomic E-state index is 12.2. The van der Waals surface area contributed by atoms with E-state index in [-0.39, 0.29) is 11.7 Å². The number of hydrogen-bond acceptors (Lipinski definition) is 7. The normalized spacial score (nSPS) is 13.0. The second-order valence-electron chi connectivity index (χ2n) is 5.38. The van der Waals surface area contributed by atoms with Gasteiger partial charge < -0.3 is 14.8 Å². The van der Waals surface area contributed by atoms with Gasteiger partial charge in [-0.15, -0.1) is 0 Å². The molecule has 1 aliphatic heterocycles. The summed E-state index contributed by atoms with van der Waals surface area (Å²) in [7, 11) is 1.82. The van der Waals surface area contributed by atoms with Gasteiger partial charge in [-0.05, 0) is 12.1 Å². The van der Waals surface area contributed by atoms with Gasteiger partial charge >= 0.3 is 0 Å². The molecule has 9 heteroatoms. The van der Waals surface area contributed by atoms with Crippen molar-refractivity contribution in [2.45, 2.75) is 5.03 Å². The highest BCUT2D eigenvalue weighted by Crippen LogP contribution is 2.32. The lowest BCUT2D eigenvalue weighted by Crippen LogP contribution is -2.17. The maximum absolute atomic E-state index is 12.2. The second kappa shape index (κ2) is 6.60. The number of carbonyl (C=O) groups is 1. The number of hydrogen-bond donors (Lipinski definition) is 1. The molecule has 0 unspecified atom stereocenters. The van der Waals surface area contributed by atoms with Gasteiger partial charge in [0.25, 0.3) is 0 Å². The molecule has 4 rings (SSSR count). The molecule has 3 heterocycles. The highest BCUT2D eigenvalue weighted by molar-refractivity contribution is 8.00. The molecular formula is C16H15N5O3S. The Labute approximate surface area is 147 Å².